The molecule has 5 rings (SSSR count). The van der Waals surface area contributed by atoms with Gasteiger partial charge in [0.25, 0.3) is 0 Å². The molecule has 3 atom stereocenters. The van der Waals surface area contributed by atoms with Crippen LogP contribution in [0.2, 0.25) is 0 Å². The van der Waals surface area contributed by atoms with Crippen molar-refractivity contribution in [2.75, 3.05) is 23.3 Å². The lowest BCUT2D eigenvalue weighted by molar-refractivity contribution is 0.293. The molecule has 5 nitrogen and oxygen atoms in total. The Labute approximate surface area is 202 Å². The standard InChI is InChI=1S/C29H33N5/c30-20-22-12-14-26(15-13-22)34-18-6-9-25(21-34)32-27-10-4-5-11-28(27)33-29-19-24(16-17-31-29)23-7-2-1-3-8-23/h1-3,7-8,12-17,19,25,27-28,32H,4-6,9-11,18,21H2,(H,31,33)/t25-,27+,28+/m0/s1. The van der Waals surface area contributed by atoms with E-state index in [2.05, 4.69) is 81.2 Å². The van der Waals surface area contributed by atoms with E-state index in [-0.39, 0.29) is 0 Å². The summed E-state index contributed by atoms with van der Waals surface area (Å²) in [5, 5.41) is 16.9. The molecular weight excluding hydrogens is 418 g/mol. The first-order chi connectivity index (χ1) is 16.8. The number of nitrogens with zero attached hydrogens (tertiary/aromatic N) is 3. The molecule has 1 saturated heterocycles. The van der Waals surface area contributed by atoms with Gasteiger partial charge in [-0.1, -0.05) is 43.2 Å². The summed E-state index contributed by atoms with van der Waals surface area (Å²) >= 11 is 0. The first-order valence-electron chi connectivity index (χ1n) is 12.6. The zero-order chi connectivity index (χ0) is 23.2. The van der Waals surface area contributed by atoms with E-state index < -0.39 is 0 Å². The Kier molecular flexibility index (Phi) is 7.07. The quantitative estimate of drug-likeness (QED) is 0.511. The third-order valence-electron chi connectivity index (χ3n) is 7.20. The normalized spacial score (nSPS) is 22.7. The third-order valence-corrected chi connectivity index (χ3v) is 7.20. The number of pyridine rings is 1. The van der Waals surface area contributed by atoms with Crippen molar-refractivity contribution in [3.8, 4) is 17.2 Å². The van der Waals surface area contributed by atoms with Crippen LogP contribution < -0.4 is 15.5 Å². The molecule has 1 aromatic heterocycles. The average Bonchev–Trinajstić information content (AvgIpc) is 2.91. The number of nitriles is 1. The van der Waals surface area contributed by atoms with Gasteiger partial charge in [0.2, 0.25) is 0 Å². The molecule has 2 N–H and O–H groups in total. The molecule has 3 aromatic rings. The lowest BCUT2D eigenvalue weighted by atomic mass is 9.89. The predicted molar refractivity (Wildman–Crippen MR) is 139 cm³/mol. The topological polar surface area (TPSA) is 64.0 Å². The van der Waals surface area contributed by atoms with Crippen molar-refractivity contribution >= 4 is 11.5 Å². The van der Waals surface area contributed by atoms with Gasteiger partial charge in [-0.25, -0.2) is 4.98 Å². The molecule has 34 heavy (non-hydrogen) atoms. The van der Waals surface area contributed by atoms with E-state index >= 15 is 0 Å². The van der Waals surface area contributed by atoms with Gasteiger partial charge >= 0.3 is 0 Å². The first kappa shape index (κ1) is 22.4. The maximum absolute atomic E-state index is 9.08. The molecule has 0 amide bonds. The van der Waals surface area contributed by atoms with Gasteiger partial charge in [-0.05, 0) is 73.2 Å². The number of piperidine rings is 1. The van der Waals surface area contributed by atoms with Crippen LogP contribution in [0.3, 0.4) is 0 Å². The van der Waals surface area contributed by atoms with Crippen LogP contribution in [-0.4, -0.2) is 36.2 Å². The fraction of sp³-hybridized carbons (Fsp3) is 0.379. The minimum atomic E-state index is 0.387. The number of aromatic nitrogens is 1. The van der Waals surface area contributed by atoms with E-state index in [1.807, 2.05) is 18.3 Å². The van der Waals surface area contributed by atoms with Crippen molar-refractivity contribution in [1.82, 2.24) is 10.3 Å². The van der Waals surface area contributed by atoms with Crippen LogP contribution in [0.25, 0.3) is 11.1 Å². The summed E-state index contributed by atoms with van der Waals surface area (Å²) in [4.78, 5) is 7.09. The molecule has 0 radical (unpaired) electrons. The van der Waals surface area contributed by atoms with Crippen LogP contribution >= 0.6 is 0 Å². The number of rotatable bonds is 6. The minimum Gasteiger partial charge on any atom is -0.370 e. The molecule has 1 aliphatic heterocycles. The molecule has 2 heterocycles. The summed E-state index contributed by atoms with van der Waals surface area (Å²) in [6.45, 7) is 2.09. The highest BCUT2D eigenvalue weighted by Crippen LogP contribution is 2.27. The second-order valence-electron chi connectivity index (χ2n) is 9.55. The zero-order valence-corrected chi connectivity index (χ0v) is 19.7. The van der Waals surface area contributed by atoms with E-state index in [1.54, 1.807) is 0 Å². The van der Waals surface area contributed by atoms with Crippen LogP contribution in [0, 0.1) is 11.3 Å². The molecule has 0 spiro atoms. The van der Waals surface area contributed by atoms with Crippen molar-refractivity contribution < 1.29 is 0 Å². The number of hydrogen-bond donors (Lipinski definition) is 2. The van der Waals surface area contributed by atoms with Crippen LogP contribution in [-0.2, 0) is 0 Å². The summed E-state index contributed by atoms with van der Waals surface area (Å²) in [7, 11) is 0. The Hall–Kier alpha value is -3.36. The number of anilines is 2. The highest BCUT2D eigenvalue weighted by Gasteiger charge is 2.29. The smallest absolute Gasteiger partial charge is 0.126 e. The van der Waals surface area contributed by atoms with Gasteiger partial charge in [0.05, 0.1) is 11.6 Å². The monoisotopic (exact) mass is 451 g/mol. The van der Waals surface area contributed by atoms with Gasteiger partial charge in [0, 0.05) is 43.1 Å². The Bertz CT molecular complexity index is 1110. The molecule has 174 valence electrons. The molecule has 1 saturated carbocycles. The molecule has 5 heteroatoms. The lowest BCUT2D eigenvalue weighted by Gasteiger charge is -2.40. The van der Waals surface area contributed by atoms with Gasteiger partial charge < -0.3 is 15.5 Å². The van der Waals surface area contributed by atoms with Crippen molar-refractivity contribution in [1.29, 1.82) is 5.26 Å². The van der Waals surface area contributed by atoms with Gasteiger partial charge in [-0.15, -0.1) is 0 Å². The molecule has 0 bridgehead atoms. The maximum Gasteiger partial charge on any atom is 0.126 e. The van der Waals surface area contributed by atoms with E-state index in [4.69, 9.17) is 5.26 Å². The van der Waals surface area contributed by atoms with Crippen LogP contribution in [0.4, 0.5) is 11.5 Å². The second kappa shape index (κ2) is 10.7. The Balaban J connectivity index is 1.24. The second-order valence-corrected chi connectivity index (χ2v) is 9.55. The van der Waals surface area contributed by atoms with Gasteiger partial charge in [-0.3, -0.25) is 0 Å². The van der Waals surface area contributed by atoms with Crippen molar-refractivity contribution in [3.63, 3.8) is 0 Å². The van der Waals surface area contributed by atoms with Crippen LogP contribution in [0.1, 0.15) is 44.1 Å². The summed E-state index contributed by atoms with van der Waals surface area (Å²) in [5.74, 6) is 0.961. The number of hydrogen-bond acceptors (Lipinski definition) is 5. The van der Waals surface area contributed by atoms with Gasteiger partial charge in [0.1, 0.15) is 5.82 Å². The van der Waals surface area contributed by atoms with Crippen LogP contribution in [0.5, 0.6) is 0 Å². The molecule has 2 aliphatic rings. The summed E-state index contributed by atoms with van der Waals surface area (Å²) < 4.78 is 0. The van der Waals surface area contributed by atoms with E-state index in [9.17, 15) is 0 Å². The van der Waals surface area contributed by atoms with Crippen molar-refractivity contribution in [3.05, 3.63) is 78.5 Å². The zero-order valence-electron chi connectivity index (χ0n) is 19.7. The molecule has 2 aromatic carbocycles. The average molecular weight is 452 g/mol. The molecular formula is C29H33N5. The summed E-state index contributed by atoms with van der Waals surface area (Å²) in [6, 6.07) is 26.3. The molecule has 1 aliphatic carbocycles. The fourth-order valence-electron chi connectivity index (χ4n) is 5.41. The first-order valence-corrected chi connectivity index (χ1v) is 12.6. The van der Waals surface area contributed by atoms with Gasteiger partial charge in [-0.2, -0.15) is 5.26 Å². The highest BCUT2D eigenvalue weighted by molar-refractivity contribution is 5.66. The SMILES string of the molecule is N#Cc1ccc(N2CCC[C@H](N[C@@H]3CCCC[C@H]3Nc3cc(-c4ccccc4)ccn3)C2)cc1. The largest absolute Gasteiger partial charge is 0.370 e. The Morgan fingerprint density at radius 2 is 1.65 bits per heavy atom. The number of benzene rings is 2. The van der Waals surface area contributed by atoms with E-state index in [0.29, 0.717) is 18.1 Å². The third kappa shape index (κ3) is 5.40. The predicted octanol–water partition coefficient (Wildman–Crippen LogP) is 5.60. The van der Waals surface area contributed by atoms with E-state index in [1.165, 1.54) is 55.3 Å². The fourth-order valence-corrected chi connectivity index (χ4v) is 5.41. The summed E-state index contributed by atoms with van der Waals surface area (Å²) in [6.07, 6.45) is 9.20. The van der Waals surface area contributed by atoms with E-state index in [0.717, 1.165) is 24.5 Å². The molecule has 2 fully saturated rings. The van der Waals surface area contributed by atoms with Gasteiger partial charge in [0.15, 0.2) is 0 Å². The van der Waals surface area contributed by atoms with Crippen LogP contribution in [0.15, 0.2) is 72.9 Å². The Morgan fingerprint density at radius 3 is 2.44 bits per heavy atom. The van der Waals surface area contributed by atoms with Crippen molar-refractivity contribution in [2.24, 2.45) is 0 Å². The highest BCUT2D eigenvalue weighted by atomic mass is 15.2. The number of nitrogens with one attached hydrogen (secondary N) is 2. The summed E-state index contributed by atoms with van der Waals surface area (Å²) in [5.41, 5.74) is 4.35. The maximum atomic E-state index is 9.08. The van der Waals surface area contributed by atoms with Crippen molar-refractivity contribution in [2.45, 2.75) is 56.7 Å². The minimum absolute atomic E-state index is 0.387. The molecule has 0 unspecified atom stereocenters. The Morgan fingerprint density at radius 1 is 0.853 bits per heavy atom. The lowest BCUT2D eigenvalue weighted by Crippen LogP contribution is -2.54.